The molecule has 1 aliphatic rings. The SMILES string of the molecule is CC(=O)OC[C@H]1O[C@@H](OC(=O)Nc2ccccc2-c2ccccc2C(=O)O)[C@H](OC(C)=O)[C@@H](OC(C)=O)[C@H]1OC(C)=O. The number of carboxylic acid groups (broad SMARTS) is 1. The second kappa shape index (κ2) is 14.1. The van der Waals surface area contributed by atoms with E-state index in [4.69, 9.17) is 28.4 Å². The maximum absolute atomic E-state index is 13.1. The fourth-order valence-electron chi connectivity index (χ4n) is 4.26. The molecular formula is C28H29NO13. The number of amides is 1. The summed E-state index contributed by atoms with van der Waals surface area (Å²) in [6.45, 7) is 3.79. The number of esters is 4. The van der Waals surface area contributed by atoms with Gasteiger partial charge >= 0.3 is 35.9 Å². The first kappa shape index (κ1) is 31.5. The Morgan fingerprint density at radius 3 is 1.86 bits per heavy atom. The van der Waals surface area contributed by atoms with E-state index in [2.05, 4.69) is 5.32 Å². The van der Waals surface area contributed by atoms with Crippen LogP contribution in [-0.4, -0.2) is 78.4 Å². The number of hydrogen-bond donors (Lipinski definition) is 2. The van der Waals surface area contributed by atoms with Gasteiger partial charge in [0.1, 0.15) is 12.7 Å². The minimum absolute atomic E-state index is 0.0142. The van der Waals surface area contributed by atoms with Gasteiger partial charge in [0, 0.05) is 33.3 Å². The molecule has 1 aliphatic heterocycles. The van der Waals surface area contributed by atoms with Crippen LogP contribution >= 0.6 is 0 Å². The number of anilines is 1. The molecule has 0 bridgehead atoms. The van der Waals surface area contributed by atoms with Gasteiger partial charge in [-0.2, -0.15) is 0 Å². The maximum atomic E-state index is 13.1. The molecule has 1 heterocycles. The van der Waals surface area contributed by atoms with Gasteiger partial charge in [0.15, 0.2) is 12.2 Å². The van der Waals surface area contributed by atoms with Gasteiger partial charge in [-0.1, -0.05) is 36.4 Å². The average molecular weight is 588 g/mol. The lowest BCUT2D eigenvalue weighted by Gasteiger charge is -2.43. The van der Waals surface area contributed by atoms with E-state index in [-0.39, 0.29) is 11.3 Å². The van der Waals surface area contributed by atoms with Crippen LogP contribution in [0.2, 0.25) is 0 Å². The molecule has 1 saturated heterocycles. The molecule has 0 saturated carbocycles. The van der Waals surface area contributed by atoms with Crippen LogP contribution in [0.1, 0.15) is 38.1 Å². The summed E-state index contributed by atoms with van der Waals surface area (Å²) in [4.78, 5) is 72.2. The number of para-hydroxylation sites is 1. The van der Waals surface area contributed by atoms with Gasteiger partial charge in [0.2, 0.25) is 12.4 Å². The van der Waals surface area contributed by atoms with Gasteiger partial charge in [-0.05, 0) is 17.7 Å². The highest BCUT2D eigenvalue weighted by Gasteiger charge is 2.53. The molecule has 0 aliphatic carbocycles. The molecule has 2 N–H and O–H groups in total. The molecule has 0 radical (unpaired) electrons. The summed E-state index contributed by atoms with van der Waals surface area (Å²) < 4.78 is 32.1. The van der Waals surface area contributed by atoms with Crippen LogP contribution in [0, 0.1) is 0 Å². The first-order valence-electron chi connectivity index (χ1n) is 12.6. The predicted molar refractivity (Wildman–Crippen MR) is 141 cm³/mol. The molecule has 14 heteroatoms. The summed E-state index contributed by atoms with van der Waals surface area (Å²) in [6.07, 6.45) is -8.76. The van der Waals surface area contributed by atoms with Crippen LogP contribution in [0.4, 0.5) is 10.5 Å². The second-order valence-corrected chi connectivity index (χ2v) is 8.99. The fraction of sp³-hybridized carbons (Fsp3) is 0.357. The molecule has 2 aromatic rings. The number of benzene rings is 2. The Kier molecular flexibility index (Phi) is 10.6. The van der Waals surface area contributed by atoms with E-state index in [1.165, 1.54) is 12.1 Å². The molecule has 5 atom stereocenters. The fourth-order valence-corrected chi connectivity index (χ4v) is 4.26. The zero-order chi connectivity index (χ0) is 31.0. The van der Waals surface area contributed by atoms with Crippen LogP contribution in [0.3, 0.4) is 0 Å². The standard InChI is InChI=1S/C28H29NO13/c1-14(30)37-13-22-23(38-15(2)31)24(39-16(3)32)25(40-17(4)33)27(41-22)42-28(36)29-21-12-8-7-10-19(21)18-9-5-6-11-20(18)26(34)35/h5-12,22-25,27H,13H2,1-4H3,(H,29,36)(H,34,35)/t22-,23+,24+,25-,27+/m1/s1. The Balaban J connectivity index is 1.95. The largest absolute Gasteiger partial charge is 0.478 e. The number of hydrogen-bond acceptors (Lipinski definition) is 12. The summed E-state index contributed by atoms with van der Waals surface area (Å²) in [5.74, 6) is -4.42. The summed E-state index contributed by atoms with van der Waals surface area (Å²) in [6, 6.07) is 12.5. The first-order valence-corrected chi connectivity index (χ1v) is 12.6. The van der Waals surface area contributed by atoms with Gasteiger partial charge < -0.3 is 33.5 Å². The molecule has 42 heavy (non-hydrogen) atoms. The van der Waals surface area contributed by atoms with Crippen molar-refractivity contribution in [2.75, 3.05) is 11.9 Å². The second-order valence-electron chi connectivity index (χ2n) is 8.99. The zero-order valence-corrected chi connectivity index (χ0v) is 23.1. The van der Waals surface area contributed by atoms with E-state index in [9.17, 15) is 33.9 Å². The lowest BCUT2D eigenvalue weighted by atomic mass is 9.98. The van der Waals surface area contributed by atoms with Crippen LogP contribution < -0.4 is 5.32 Å². The Morgan fingerprint density at radius 1 is 0.714 bits per heavy atom. The normalized spacial score (nSPS) is 21.3. The smallest absolute Gasteiger partial charge is 0.414 e. The van der Waals surface area contributed by atoms with E-state index in [1.807, 2.05) is 0 Å². The lowest BCUT2D eigenvalue weighted by molar-refractivity contribution is -0.293. The van der Waals surface area contributed by atoms with Crippen molar-refractivity contribution in [1.29, 1.82) is 0 Å². The maximum Gasteiger partial charge on any atom is 0.414 e. The van der Waals surface area contributed by atoms with Crippen LogP contribution in [0.5, 0.6) is 0 Å². The van der Waals surface area contributed by atoms with Crippen molar-refractivity contribution >= 4 is 41.6 Å². The molecule has 1 fully saturated rings. The van der Waals surface area contributed by atoms with Crippen molar-refractivity contribution in [3.63, 3.8) is 0 Å². The van der Waals surface area contributed by atoms with E-state index in [0.717, 1.165) is 27.7 Å². The molecule has 3 rings (SSSR count). The molecule has 14 nitrogen and oxygen atoms in total. The van der Waals surface area contributed by atoms with E-state index in [0.29, 0.717) is 11.1 Å². The minimum Gasteiger partial charge on any atom is -0.478 e. The van der Waals surface area contributed by atoms with Gasteiger partial charge in [0.25, 0.3) is 0 Å². The lowest BCUT2D eigenvalue weighted by Crippen LogP contribution is -2.63. The number of carboxylic acids is 1. The van der Waals surface area contributed by atoms with Crippen molar-refractivity contribution in [1.82, 2.24) is 0 Å². The highest BCUT2D eigenvalue weighted by atomic mass is 16.8. The van der Waals surface area contributed by atoms with Crippen LogP contribution in [-0.2, 0) is 47.6 Å². The van der Waals surface area contributed by atoms with Crippen molar-refractivity contribution in [2.24, 2.45) is 0 Å². The highest BCUT2D eigenvalue weighted by Crippen LogP contribution is 2.33. The minimum atomic E-state index is -1.75. The number of nitrogens with one attached hydrogen (secondary N) is 1. The molecule has 224 valence electrons. The topological polar surface area (TPSA) is 190 Å². The zero-order valence-electron chi connectivity index (χ0n) is 23.1. The predicted octanol–water partition coefficient (Wildman–Crippen LogP) is 2.68. The Labute approximate surface area is 239 Å². The summed E-state index contributed by atoms with van der Waals surface area (Å²) in [5.41, 5.74) is 0.823. The number of aromatic carboxylic acids is 1. The summed E-state index contributed by atoms with van der Waals surface area (Å²) in [7, 11) is 0. The number of rotatable bonds is 9. The van der Waals surface area contributed by atoms with E-state index < -0.39 is 73.3 Å². The molecule has 0 aromatic heterocycles. The number of carbonyl (C=O) groups is 6. The van der Waals surface area contributed by atoms with E-state index in [1.54, 1.807) is 36.4 Å². The Hall–Kier alpha value is -4.98. The third-order valence-corrected chi connectivity index (χ3v) is 5.78. The monoisotopic (exact) mass is 587 g/mol. The first-order chi connectivity index (χ1) is 19.9. The quantitative estimate of drug-likeness (QED) is 0.322. The molecule has 0 spiro atoms. The third-order valence-electron chi connectivity index (χ3n) is 5.78. The number of carbonyl (C=O) groups excluding carboxylic acids is 5. The molecule has 2 aromatic carbocycles. The molecule has 1 amide bonds. The van der Waals surface area contributed by atoms with Gasteiger partial charge in [0.05, 0.1) is 11.3 Å². The van der Waals surface area contributed by atoms with Gasteiger partial charge in [-0.15, -0.1) is 0 Å². The van der Waals surface area contributed by atoms with Crippen LogP contribution in [0.15, 0.2) is 48.5 Å². The highest BCUT2D eigenvalue weighted by molar-refractivity contribution is 6.00. The molecular weight excluding hydrogens is 558 g/mol. The Morgan fingerprint density at radius 2 is 1.26 bits per heavy atom. The molecule has 0 unspecified atom stereocenters. The van der Waals surface area contributed by atoms with Crippen molar-refractivity contribution in [2.45, 2.75) is 58.4 Å². The van der Waals surface area contributed by atoms with Crippen molar-refractivity contribution in [3.8, 4) is 11.1 Å². The summed E-state index contributed by atoms with van der Waals surface area (Å²) >= 11 is 0. The van der Waals surface area contributed by atoms with Crippen molar-refractivity contribution in [3.05, 3.63) is 54.1 Å². The van der Waals surface area contributed by atoms with Crippen LogP contribution in [0.25, 0.3) is 11.1 Å². The Bertz CT molecular complexity index is 1360. The van der Waals surface area contributed by atoms with Crippen molar-refractivity contribution < 1.29 is 62.3 Å². The average Bonchev–Trinajstić information content (AvgIpc) is 2.90. The van der Waals surface area contributed by atoms with E-state index >= 15 is 0 Å². The van der Waals surface area contributed by atoms with Gasteiger partial charge in [-0.3, -0.25) is 24.5 Å². The number of ether oxygens (including phenoxy) is 6. The van der Waals surface area contributed by atoms with Gasteiger partial charge in [-0.25, -0.2) is 9.59 Å². The summed E-state index contributed by atoms with van der Waals surface area (Å²) in [5, 5.41) is 12.1. The third kappa shape index (κ3) is 8.27.